The highest BCUT2D eigenvalue weighted by Gasteiger charge is 2.18. The van der Waals surface area contributed by atoms with Gasteiger partial charge < -0.3 is 9.64 Å². The minimum absolute atomic E-state index is 0.0185. The second-order valence-electron chi connectivity index (χ2n) is 3.82. The number of hydrogen-bond acceptors (Lipinski definition) is 3. The molecule has 0 spiro atoms. The van der Waals surface area contributed by atoms with Crippen LogP contribution < -0.4 is 4.90 Å². The molecule has 1 heterocycles. The molecule has 0 bridgehead atoms. The van der Waals surface area contributed by atoms with E-state index in [4.69, 9.17) is 16.3 Å². The molecule has 2 rings (SSSR count). The lowest BCUT2D eigenvalue weighted by Crippen LogP contribution is -2.32. The van der Waals surface area contributed by atoms with Crippen LogP contribution in [0.15, 0.2) is 23.2 Å². The first-order valence-electron chi connectivity index (χ1n) is 5.47. The van der Waals surface area contributed by atoms with E-state index in [0.717, 1.165) is 0 Å². The summed E-state index contributed by atoms with van der Waals surface area (Å²) in [6.07, 6.45) is 2.46. The van der Waals surface area contributed by atoms with E-state index in [-0.39, 0.29) is 11.9 Å². The predicted octanol–water partition coefficient (Wildman–Crippen LogP) is 2.61. The predicted molar refractivity (Wildman–Crippen MR) is 66.5 cm³/mol. The first-order chi connectivity index (χ1) is 8.20. The van der Waals surface area contributed by atoms with E-state index in [2.05, 4.69) is 11.4 Å². The summed E-state index contributed by atoms with van der Waals surface area (Å²) in [7, 11) is 0. The Balaban J connectivity index is 2.13. The van der Waals surface area contributed by atoms with Crippen molar-refractivity contribution in [3.8, 4) is 0 Å². The van der Waals surface area contributed by atoms with Crippen LogP contribution in [0.1, 0.15) is 6.92 Å². The molecule has 0 aromatic heterocycles. The van der Waals surface area contributed by atoms with Gasteiger partial charge in [0.15, 0.2) is 0 Å². The third-order valence-electron chi connectivity index (χ3n) is 2.64. The van der Waals surface area contributed by atoms with Gasteiger partial charge in [-0.05, 0) is 25.1 Å². The van der Waals surface area contributed by atoms with Crippen LogP contribution in [0.2, 0.25) is 5.02 Å². The first-order valence-corrected chi connectivity index (χ1v) is 5.85. The van der Waals surface area contributed by atoms with Crippen molar-refractivity contribution in [3.63, 3.8) is 0 Å². The molecule has 1 atom stereocenters. The van der Waals surface area contributed by atoms with Crippen LogP contribution in [0.5, 0.6) is 0 Å². The van der Waals surface area contributed by atoms with Gasteiger partial charge in [-0.2, -0.15) is 0 Å². The average Bonchev–Trinajstić information content (AvgIpc) is 2.79. The van der Waals surface area contributed by atoms with E-state index in [1.54, 1.807) is 12.1 Å². The maximum absolute atomic E-state index is 13.8. The minimum atomic E-state index is -0.314. The SMILES string of the molecule is CCN(CC1CO[C]=N1)c1ccc(Cl)cc1F. The van der Waals surface area contributed by atoms with Gasteiger partial charge in [0, 0.05) is 18.1 Å². The normalized spacial score (nSPS) is 18.2. The Hall–Kier alpha value is -1.29. The quantitative estimate of drug-likeness (QED) is 0.826. The lowest BCUT2D eigenvalue weighted by molar-refractivity contribution is 0.328. The first kappa shape index (κ1) is 12.2. The number of nitrogens with zero attached hydrogens (tertiary/aromatic N) is 2. The molecule has 0 fully saturated rings. The molecule has 1 radical (unpaired) electrons. The van der Waals surface area contributed by atoms with E-state index in [9.17, 15) is 4.39 Å². The highest BCUT2D eigenvalue weighted by atomic mass is 35.5. The summed E-state index contributed by atoms with van der Waals surface area (Å²) in [6.45, 7) is 3.79. The van der Waals surface area contributed by atoms with Gasteiger partial charge in [0.1, 0.15) is 18.5 Å². The largest absolute Gasteiger partial charge is 0.472 e. The van der Waals surface area contributed by atoms with Gasteiger partial charge in [-0.15, -0.1) is 0 Å². The number of likely N-dealkylation sites (N-methyl/N-ethyl adjacent to an activating group) is 1. The van der Waals surface area contributed by atoms with Gasteiger partial charge in [0.25, 0.3) is 6.40 Å². The Morgan fingerprint density at radius 2 is 2.47 bits per heavy atom. The summed E-state index contributed by atoms with van der Waals surface area (Å²) < 4.78 is 18.7. The van der Waals surface area contributed by atoms with Crippen LogP contribution in [0, 0.1) is 5.82 Å². The van der Waals surface area contributed by atoms with Crippen molar-refractivity contribution >= 4 is 23.7 Å². The highest BCUT2D eigenvalue weighted by Crippen LogP contribution is 2.23. The van der Waals surface area contributed by atoms with Gasteiger partial charge in [-0.3, -0.25) is 0 Å². The summed E-state index contributed by atoms with van der Waals surface area (Å²) in [5.41, 5.74) is 0.541. The van der Waals surface area contributed by atoms with Gasteiger partial charge in [-0.25, -0.2) is 9.38 Å². The molecule has 1 aromatic rings. The smallest absolute Gasteiger partial charge is 0.273 e. The van der Waals surface area contributed by atoms with Crippen LogP contribution in [0.25, 0.3) is 0 Å². The van der Waals surface area contributed by atoms with Crippen molar-refractivity contribution < 1.29 is 9.13 Å². The molecule has 1 aromatic carbocycles. The fourth-order valence-electron chi connectivity index (χ4n) is 1.77. The third kappa shape index (κ3) is 2.88. The van der Waals surface area contributed by atoms with Crippen LogP contribution in [0.4, 0.5) is 10.1 Å². The molecule has 5 heteroatoms. The molecule has 1 aliphatic rings. The van der Waals surface area contributed by atoms with Crippen LogP contribution in [-0.2, 0) is 4.74 Å². The zero-order valence-electron chi connectivity index (χ0n) is 9.49. The molecular weight excluding hydrogens is 243 g/mol. The number of hydrogen-bond donors (Lipinski definition) is 0. The molecular formula is C12H13ClFN2O. The number of halogens is 2. The Labute approximate surface area is 105 Å². The molecule has 3 nitrogen and oxygen atoms in total. The second-order valence-corrected chi connectivity index (χ2v) is 4.26. The van der Waals surface area contributed by atoms with Crippen molar-refractivity contribution in [1.29, 1.82) is 0 Å². The highest BCUT2D eigenvalue weighted by molar-refractivity contribution is 6.30. The summed E-state index contributed by atoms with van der Waals surface area (Å²) in [5.74, 6) is -0.314. The lowest BCUT2D eigenvalue weighted by atomic mass is 10.2. The van der Waals surface area contributed by atoms with Crippen molar-refractivity contribution in [2.45, 2.75) is 13.0 Å². The molecule has 0 N–H and O–H groups in total. The monoisotopic (exact) mass is 255 g/mol. The topological polar surface area (TPSA) is 24.8 Å². The number of rotatable bonds is 4. The van der Waals surface area contributed by atoms with Gasteiger partial charge >= 0.3 is 0 Å². The van der Waals surface area contributed by atoms with Crippen molar-refractivity contribution in [1.82, 2.24) is 0 Å². The zero-order valence-corrected chi connectivity index (χ0v) is 10.2. The van der Waals surface area contributed by atoms with Gasteiger partial charge in [0.2, 0.25) is 0 Å². The minimum Gasteiger partial charge on any atom is -0.472 e. The summed E-state index contributed by atoms with van der Waals surface area (Å²) in [6, 6.07) is 4.71. The molecule has 17 heavy (non-hydrogen) atoms. The summed E-state index contributed by atoms with van der Waals surface area (Å²) in [4.78, 5) is 5.95. The van der Waals surface area contributed by atoms with E-state index in [0.29, 0.717) is 30.4 Å². The Bertz CT molecular complexity index is 425. The summed E-state index contributed by atoms with van der Waals surface area (Å²) in [5, 5.41) is 0.401. The zero-order chi connectivity index (χ0) is 12.3. The molecule has 0 saturated heterocycles. The Morgan fingerprint density at radius 1 is 1.65 bits per heavy atom. The standard InChI is InChI=1S/C12H13ClFN2O/c1-2-16(6-10-7-17-8-15-10)12-4-3-9(13)5-11(12)14/h3-5,10H,2,6-7H2,1H3. The molecule has 0 aliphatic carbocycles. The number of anilines is 1. The van der Waals surface area contributed by atoms with Gasteiger partial charge in [-0.1, -0.05) is 11.6 Å². The molecule has 1 unspecified atom stereocenters. The van der Waals surface area contributed by atoms with E-state index >= 15 is 0 Å². The molecule has 0 saturated carbocycles. The lowest BCUT2D eigenvalue weighted by Gasteiger charge is -2.25. The van der Waals surface area contributed by atoms with Crippen LogP contribution in [-0.4, -0.2) is 32.1 Å². The Kier molecular flexibility index (Phi) is 3.84. The average molecular weight is 256 g/mol. The molecule has 1 aliphatic heterocycles. The number of aliphatic imine (C=N–C) groups is 1. The van der Waals surface area contributed by atoms with Crippen LogP contribution in [0.3, 0.4) is 0 Å². The summed E-state index contributed by atoms with van der Waals surface area (Å²) >= 11 is 5.73. The van der Waals surface area contributed by atoms with Crippen molar-refractivity contribution in [2.75, 3.05) is 24.6 Å². The fraction of sp³-hybridized carbons (Fsp3) is 0.417. The molecule has 0 amide bonds. The van der Waals surface area contributed by atoms with Crippen molar-refractivity contribution in [3.05, 3.63) is 29.0 Å². The van der Waals surface area contributed by atoms with E-state index in [1.807, 2.05) is 11.8 Å². The maximum Gasteiger partial charge on any atom is 0.273 e. The number of ether oxygens (including phenoxy) is 1. The second kappa shape index (κ2) is 5.36. The Morgan fingerprint density at radius 3 is 3.06 bits per heavy atom. The molecule has 91 valence electrons. The van der Waals surface area contributed by atoms with Gasteiger partial charge in [0.05, 0.1) is 5.69 Å². The van der Waals surface area contributed by atoms with E-state index < -0.39 is 0 Å². The maximum atomic E-state index is 13.8. The van der Waals surface area contributed by atoms with E-state index in [1.165, 1.54) is 6.07 Å². The van der Waals surface area contributed by atoms with Crippen LogP contribution >= 0.6 is 11.6 Å². The third-order valence-corrected chi connectivity index (χ3v) is 2.87. The fourth-order valence-corrected chi connectivity index (χ4v) is 1.92. The number of benzene rings is 1. The van der Waals surface area contributed by atoms with Crippen molar-refractivity contribution in [2.24, 2.45) is 4.99 Å².